The summed E-state index contributed by atoms with van der Waals surface area (Å²) in [7, 11) is 1.68. The SMILES string of the molecule is CCCC(C)Oc1c(CNCC)cccc1OC. The van der Waals surface area contributed by atoms with E-state index in [0.29, 0.717) is 0 Å². The quantitative estimate of drug-likeness (QED) is 0.768. The largest absolute Gasteiger partial charge is 0.493 e. The van der Waals surface area contributed by atoms with Crippen LogP contribution in [0.5, 0.6) is 11.5 Å². The molecule has 0 fully saturated rings. The van der Waals surface area contributed by atoms with Crippen molar-refractivity contribution in [2.24, 2.45) is 0 Å². The predicted octanol–water partition coefficient (Wildman–Crippen LogP) is 3.37. The molecule has 0 aromatic heterocycles. The second kappa shape index (κ2) is 7.98. The zero-order valence-electron chi connectivity index (χ0n) is 12.0. The summed E-state index contributed by atoms with van der Waals surface area (Å²) in [6.07, 6.45) is 2.39. The molecule has 0 amide bonds. The van der Waals surface area contributed by atoms with Crippen molar-refractivity contribution in [2.45, 2.75) is 46.3 Å². The summed E-state index contributed by atoms with van der Waals surface area (Å²) in [6, 6.07) is 6.03. The highest BCUT2D eigenvalue weighted by atomic mass is 16.5. The van der Waals surface area contributed by atoms with E-state index in [1.54, 1.807) is 7.11 Å². The average molecular weight is 251 g/mol. The molecular formula is C15H25NO2. The monoisotopic (exact) mass is 251 g/mol. The lowest BCUT2D eigenvalue weighted by atomic mass is 10.1. The van der Waals surface area contributed by atoms with E-state index in [0.717, 1.165) is 43.0 Å². The van der Waals surface area contributed by atoms with Crippen molar-refractivity contribution in [1.29, 1.82) is 0 Å². The highest BCUT2D eigenvalue weighted by molar-refractivity contribution is 5.46. The van der Waals surface area contributed by atoms with Crippen LogP contribution >= 0.6 is 0 Å². The van der Waals surface area contributed by atoms with Crippen molar-refractivity contribution < 1.29 is 9.47 Å². The van der Waals surface area contributed by atoms with Crippen LogP contribution < -0.4 is 14.8 Å². The summed E-state index contributed by atoms with van der Waals surface area (Å²) in [5.74, 6) is 1.69. The van der Waals surface area contributed by atoms with Crippen molar-refractivity contribution in [3.63, 3.8) is 0 Å². The second-order valence-corrected chi connectivity index (χ2v) is 4.45. The summed E-state index contributed by atoms with van der Waals surface area (Å²) in [5, 5.41) is 3.33. The molecule has 0 saturated carbocycles. The number of benzene rings is 1. The molecule has 1 aromatic rings. The number of hydrogen-bond donors (Lipinski definition) is 1. The molecule has 0 aliphatic carbocycles. The number of hydrogen-bond acceptors (Lipinski definition) is 3. The van der Waals surface area contributed by atoms with Gasteiger partial charge in [-0.25, -0.2) is 0 Å². The fraction of sp³-hybridized carbons (Fsp3) is 0.600. The third kappa shape index (κ3) is 4.22. The number of para-hydroxylation sites is 1. The topological polar surface area (TPSA) is 30.5 Å². The zero-order chi connectivity index (χ0) is 13.4. The van der Waals surface area contributed by atoms with E-state index >= 15 is 0 Å². The molecule has 0 heterocycles. The highest BCUT2D eigenvalue weighted by Crippen LogP contribution is 2.32. The molecule has 102 valence electrons. The van der Waals surface area contributed by atoms with Gasteiger partial charge in [0, 0.05) is 12.1 Å². The van der Waals surface area contributed by atoms with Gasteiger partial charge in [-0.15, -0.1) is 0 Å². The van der Waals surface area contributed by atoms with Gasteiger partial charge in [0.2, 0.25) is 0 Å². The molecule has 0 aliphatic rings. The first-order valence-corrected chi connectivity index (χ1v) is 6.76. The fourth-order valence-corrected chi connectivity index (χ4v) is 1.92. The minimum Gasteiger partial charge on any atom is -0.493 e. The van der Waals surface area contributed by atoms with Crippen molar-refractivity contribution in [3.05, 3.63) is 23.8 Å². The average Bonchev–Trinajstić information content (AvgIpc) is 2.37. The van der Waals surface area contributed by atoms with E-state index < -0.39 is 0 Å². The first-order chi connectivity index (χ1) is 8.72. The Morgan fingerprint density at radius 3 is 2.67 bits per heavy atom. The van der Waals surface area contributed by atoms with E-state index in [1.165, 1.54) is 0 Å². The lowest BCUT2D eigenvalue weighted by Gasteiger charge is -2.19. The molecule has 0 spiro atoms. The summed E-state index contributed by atoms with van der Waals surface area (Å²) in [4.78, 5) is 0. The minimum absolute atomic E-state index is 0.215. The van der Waals surface area contributed by atoms with Crippen LogP contribution in [0.3, 0.4) is 0 Å². The van der Waals surface area contributed by atoms with Gasteiger partial charge in [-0.05, 0) is 26.0 Å². The first kappa shape index (κ1) is 14.8. The minimum atomic E-state index is 0.215. The van der Waals surface area contributed by atoms with Crippen molar-refractivity contribution >= 4 is 0 Å². The van der Waals surface area contributed by atoms with E-state index in [2.05, 4.69) is 32.2 Å². The van der Waals surface area contributed by atoms with Crippen LogP contribution in [-0.2, 0) is 6.54 Å². The first-order valence-electron chi connectivity index (χ1n) is 6.76. The molecular weight excluding hydrogens is 226 g/mol. The van der Waals surface area contributed by atoms with E-state index in [4.69, 9.17) is 9.47 Å². The third-order valence-electron chi connectivity index (χ3n) is 2.86. The number of ether oxygens (including phenoxy) is 2. The van der Waals surface area contributed by atoms with Crippen LogP contribution in [0.15, 0.2) is 18.2 Å². The van der Waals surface area contributed by atoms with Gasteiger partial charge >= 0.3 is 0 Å². The maximum atomic E-state index is 6.04. The number of methoxy groups -OCH3 is 1. The van der Waals surface area contributed by atoms with Gasteiger partial charge in [-0.2, -0.15) is 0 Å². The number of rotatable bonds is 8. The Balaban J connectivity index is 2.88. The van der Waals surface area contributed by atoms with E-state index in [-0.39, 0.29) is 6.10 Å². The van der Waals surface area contributed by atoms with Crippen LogP contribution in [0, 0.1) is 0 Å². The van der Waals surface area contributed by atoms with Gasteiger partial charge in [0.15, 0.2) is 11.5 Å². The normalized spacial score (nSPS) is 12.2. The predicted molar refractivity (Wildman–Crippen MR) is 75.4 cm³/mol. The standard InChI is InChI=1S/C15H25NO2/c1-5-8-12(3)18-15-13(11-16-6-2)9-7-10-14(15)17-4/h7,9-10,12,16H,5-6,8,11H2,1-4H3. The molecule has 0 bridgehead atoms. The summed E-state index contributed by atoms with van der Waals surface area (Å²) in [6.45, 7) is 8.12. The Morgan fingerprint density at radius 2 is 2.06 bits per heavy atom. The lowest BCUT2D eigenvalue weighted by molar-refractivity contribution is 0.198. The molecule has 0 saturated heterocycles. The fourth-order valence-electron chi connectivity index (χ4n) is 1.92. The third-order valence-corrected chi connectivity index (χ3v) is 2.86. The van der Waals surface area contributed by atoms with Crippen molar-refractivity contribution in [1.82, 2.24) is 5.32 Å². The summed E-state index contributed by atoms with van der Waals surface area (Å²) < 4.78 is 11.4. The molecule has 3 nitrogen and oxygen atoms in total. The van der Waals surface area contributed by atoms with Gasteiger partial charge in [0.1, 0.15) is 0 Å². The van der Waals surface area contributed by atoms with Crippen LogP contribution in [0.4, 0.5) is 0 Å². The number of nitrogens with one attached hydrogen (secondary N) is 1. The molecule has 18 heavy (non-hydrogen) atoms. The lowest BCUT2D eigenvalue weighted by Crippen LogP contribution is -2.16. The molecule has 1 rings (SSSR count). The smallest absolute Gasteiger partial charge is 0.166 e. The maximum Gasteiger partial charge on any atom is 0.166 e. The van der Waals surface area contributed by atoms with Crippen LogP contribution in [0.2, 0.25) is 0 Å². The molecule has 3 heteroatoms. The Kier molecular flexibility index (Phi) is 6.58. The summed E-state index contributed by atoms with van der Waals surface area (Å²) in [5.41, 5.74) is 1.15. The Morgan fingerprint density at radius 1 is 1.28 bits per heavy atom. The van der Waals surface area contributed by atoms with Gasteiger partial charge in [0.05, 0.1) is 13.2 Å². The van der Waals surface area contributed by atoms with Crippen LogP contribution in [0.25, 0.3) is 0 Å². The van der Waals surface area contributed by atoms with Gasteiger partial charge < -0.3 is 14.8 Å². The molecule has 1 aromatic carbocycles. The maximum absolute atomic E-state index is 6.04. The highest BCUT2D eigenvalue weighted by Gasteiger charge is 2.13. The van der Waals surface area contributed by atoms with E-state index in [1.807, 2.05) is 12.1 Å². The Bertz CT molecular complexity index is 352. The summed E-state index contributed by atoms with van der Waals surface area (Å²) >= 11 is 0. The zero-order valence-corrected chi connectivity index (χ0v) is 12.0. The van der Waals surface area contributed by atoms with Crippen LogP contribution in [-0.4, -0.2) is 19.8 Å². The van der Waals surface area contributed by atoms with Crippen molar-refractivity contribution in [2.75, 3.05) is 13.7 Å². The molecule has 1 unspecified atom stereocenters. The van der Waals surface area contributed by atoms with Crippen LogP contribution in [0.1, 0.15) is 39.2 Å². The van der Waals surface area contributed by atoms with Crippen molar-refractivity contribution in [3.8, 4) is 11.5 Å². The molecule has 0 radical (unpaired) electrons. The molecule has 0 aliphatic heterocycles. The van der Waals surface area contributed by atoms with Gasteiger partial charge in [-0.3, -0.25) is 0 Å². The van der Waals surface area contributed by atoms with E-state index in [9.17, 15) is 0 Å². The van der Waals surface area contributed by atoms with Gasteiger partial charge in [-0.1, -0.05) is 32.4 Å². The van der Waals surface area contributed by atoms with Gasteiger partial charge in [0.25, 0.3) is 0 Å². The second-order valence-electron chi connectivity index (χ2n) is 4.45. The molecule has 1 atom stereocenters. The Hall–Kier alpha value is -1.22. The Labute approximate surface area is 110 Å². The molecule has 1 N–H and O–H groups in total.